The van der Waals surface area contributed by atoms with Gasteiger partial charge >= 0.3 is 6.18 Å². The number of sulfone groups is 1. The normalized spacial score (nSPS) is 12.1. The van der Waals surface area contributed by atoms with E-state index in [4.69, 9.17) is 0 Å². The summed E-state index contributed by atoms with van der Waals surface area (Å²) in [6.07, 6.45) is 11.1. The SMILES string of the molecule is C#C.C/C=C\C=C/Cn1nc(C(F)(F)F)c(-c2ccc(F)cc2)c1-c1ccc(S(C)(=O)=O)cc1. The second-order valence-electron chi connectivity index (χ2n) is 7.01. The van der Waals surface area contributed by atoms with Gasteiger partial charge in [0.25, 0.3) is 0 Å². The van der Waals surface area contributed by atoms with Gasteiger partial charge in [0.2, 0.25) is 0 Å². The highest BCUT2D eigenvalue weighted by molar-refractivity contribution is 7.90. The van der Waals surface area contributed by atoms with Crippen molar-refractivity contribution in [1.29, 1.82) is 0 Å². The Balaban J connectivity index is 0.00000199. The number of hydrogen-bond donors (Lipinski definition) is 0. The summed E-state index contributed by atoms with van der Waals surface area (Å²) < 4.78 is 80.0. The van der Waals surface area contributed by atoms with Gasteiger partial charge in [0.05, 0.1) is 17.1 Å². The molecule has 0 fully saturated rings. The highest BCUT2D eigenvalue weighted by atomic mass is 32.2. The Kier molecular flexibility index (Phi) is 8.60. The van der Waals surface area contributed by atoms with E-state index in [1.165, 1.54) is 41.1 Å². The summed E-state index contributed by atoms with van der Waals surface area (Å²) in [6, 6.07) is 10.2. The zero-order valence-corrected chi connectivity index (χ0v) is 19.2. The molecule has 0 saturated heterocycles. The molecular weight excluding hydrogens is 468 g/mol. The van der Waals surface area contributed by atoms with Crippen LogP contribution in [0.25, 0.3) is 22.4 Å². The summed E-state index contributed by atoms with van der Waals surface area (Å²) in [7, 11) is -3.48. The molecule has 34 heavy (non-hydrogen) atoms. The number of hydrogen-bond acceptors (Lipinski definition) is 3. The number of benzene rings is 2. The Morgan fingerprint density at radius 2 is 1.53 bits per heavy atom. The molecule has 0 bridgehead atoms. The quantitative estimate of drug-likeness (QED) is 0.236. The van der Waals surface area contributed by atoms with Crippen LogP contribution in [0.4, 0.5) is 17.6 Å². The molecular formula is C25H22F4N2O2S. The number of rotatable bonds is 6. The van der Waals surface area contributed by atoms with Crippen molar-refractivity contribution in [3.05, 3.63) is 84.3 Å². The third-order valence-corrected chi connectivity index (χ3v) is 5.76. The maximum Gasteiger partial charge on any atom is 0.435 e. The van der Waals surface area contributed by atoms with Crippen molar-refractivity contribution < 1.29 is 26.0 Å². The Hall–Kier alpha value is -3.64. The van der Waals surface area contributed by atoms with E-state index in [-0.39, 0.29) is 28.3 Å². The Morgan fingerprint density at radius 1 is 0.971 bits per heavy atom. The van der Waals surface area contributed by atoms with Gasteiger partial charge in [0.1, 0.15) is 5.82 Å². The summed E-state index contributed by atoms with van der Waals surface area (Å²) >= 11 is 0. The molecule has 0 N–H and O–H groups in total. The molecule has 1 aromatic heterocycles. The van der Waals surface area contributed by atoms with Gasteiger partial charge in [0, 0.05) is 17.4 Å². The third-order valence-electron chi connectivity index (χ3n) is 4.63. The molecule has 0 unspecified atom stereocenters. The first-order valence-electron chi connectivity index (χ1n) is 9.88. The Morgan fingerprint density at radius 3 is 2.03 bits per heavy atom. The first kappa shape index (κ1) is 26.6. The fourth-order valence-corrected chi connectivity index (χ4v) is 3.82. The standard InChI is InChI=1S/C23H20F4N2O2S.C2H2/c1-3-4-5-6-15-29-21(17-9-13-19(14-10-17)32(2,30)31)20(22(28-29)23(25,26)27)16-7-11-18(24)12-8-16;1-2/h3-14H,15H2,1-2H3;1-2H/b4-3-,6-5-;. The predicted octanol–water partition coefficient (Wildman–Crippen LogP) is 6.16. The van der Waals surface area contributed by atoms with Crippen LogP contribution in [0.15, 0.2) is 77.7 Å². The molecule has 0 aliphatic rings. The molecule has 4 nitrogen and oxygen atoms in total. The van der Waals surface area contributed by atoms with Crippen LogP contribution in [0.5, 0.6) is 0 Å². The second kappa shape index (κ2) is 11.0. The highest BCUT2D eigenvalue weighted by Gasteiger charge is 2.40. The molecule has 1 heterocycles. The van der Waals surface area contributed by atoms with Gasteiger partial charge in [-0.25, -0.2) is 12.8 Å². The van der Waals surface area contributed by atoms with E-state index in [0.29, 0.717) is 5.56 Å². The van der Waals surface area contributed by atoms with Crippen LogP contribution in [0, 0.1) is 18.7 Å². The summed E-state index contributed by atoms with van der Waals surface area (Å²) in [6.45, 7) is 1.85. The van der Waals surface area contributed by atoms with Gasteiger partial charge in [-0.2, -0.15) is 18.3 Å². The third kappa shape index (κ3) is 6.23. The predicted molar refractivity (Wildman–Crippen MR) is 125 cm³/mol. The van der Waals surface area contributed by atoms with Crippen LogP contribution in [-0.4, -0.2) is 24.5 Å². The molecule has 0 radical (unpaired) electrons. The molecule has 0 aliphatic heterocycles. The molecule has 0 saturated carbocycles. The van der Waals surface area contributed by atoms with Crippen molar-refractivity contribution in [2.45, 2.75) is 24.5 Å². The number of allylic oxidation sites excluding steroid dienone is 4. The molecule has 0 amide bonds. The average Bonchev–Trinajstić information content (AvgIpc) is 3.18. The summed E-state index contributed by atoms with van der Waals surface area (Å²) in [5.41, 5.74) is -0.673. The number of nitrogens with zero attached hydrogens (tertiary/aromatic N) is 2. The van der Waals surface area contributed by atoms with Crippen LogP contribution >= 0.6 is 0 Å². The van der Waals surface area contributed by atoms with Crippen molar-refractivity contribution in [1.82, 2.24) is 9.78 Å². The first-order chi connectivity index (χ1) is 16.0. The number of aromatic nitrogens is 2. The van der Waals surface area contributed by atoms with E-state index in [1.54, 1.807) is 31.2 Å². The molecule has 3 aromatic rings. The second-order valence-corrected chi connectivity index (χ2v) is 9.03. The van der Waals surface area contributed by atoms with Crippen LogP contribution in [0.3, 0.4) is 0 Å². The summed E-state index contributed by atoms with van der Waals surface area (Å²) in [5, 5.41) is 3.83. The number of halogens is 4. The Bertz CT molecular complexity index is 1300. The van der Waals surface area contributed by atoms with E-state index in [9.17, 15) is 26.0 Å². The van der Waals surface area contributed by atoms with E-state index in [0.717, 1.165) is 18.4 Å². The van der Waals surface area contributed by atoms with Crippen molar-refractivity contribution in [3.8, 4) is 35.2 Å². The van der Waals surface area contributed by atoms with Crippen LogP contribution < -0.4 is 0 Å². The van der Waals surface area contributed by atoms with E-state index >= 15 is 0 Å². The highest BCUT2D eigenvalue weighted by Crippen LogP contribution is 2.42. The minimum Gasteiger partial charge on any atom is -0.260 e. The lowest BCUT2D eigenvalue weighted by Crippen LogP contribution is -2.09. The Labute approximate surface area is 196 Å². The summed E-state index contributed by atoms with van der Waals surface area (Å²) in [5.74, 6) is -0.581. The van der Waals surface area contributed by atoms with Gasteiger partial charge < -0.3 is 0 Å². The van der Waals surface area contributed by atoms with Gasteiger partial charge in [-0.1, -0.05) is 48.6 Å². The van der Waals surface area contributed by atoms with Crippen molar-refractivity contribution in [2.24, 2.45) is 0 Å². The van der Waals surface area contributed by atoms with Crippen molar-refractivity contribution >= 4 is 9.84 Å². The molecule has 0 spiro atoms. The van der Waals surface area contributed by atoms with Crippen LogP contribution in [-0.2, 0) is 22.6 Å². The maximum absolute atomic E-state index is 13.9. The molecule has 0 aliphatic carbocycles. The van der Waals surface area contributed by atoms with Gasteiger partial charge in [0.15, 0.2) is 15.5 Å². The lowest BCUT2D eigenvalue weighted by atomic mass is 9.98. The monoisotopic (exact) mass is 490 g/mol. The smallest absolute Gasteiger partial charge is 0.260 e. The largest absolute Gasteiger partial charge is 0.435 e. The number of alkyl halides is 3. The lowest BCUT2D eigenvalue weighted by molar-refractivity contribution is -0.141. The van der Waals surface area contributed by atoms with Crippen molar-refractivity contribution in [3.63, 3.8) is 0 Å². The van der Waals surface area contributed by atoms with E-state index in [1.807, 2.05) is 0 Å². The van der Waals surface area contributed by atoms with Crippen molar-refractivity contribution in [2.75, 3.05) is 6.26 Å². The average molecular weight is 491 g/mol. The summed E-state index contributed by atoms with van der Waals surface area (Å²) in [4.78, 5) is 0.0414. The lowest BCUT2D eigenvalue weighted by Gasteiger charge is -2.11. The van der Waals surface area contributed by atoms with Crippen LogP contribution in [0.2, 0.25) is 0 Å². The zero-order valence-electron chi connectivity index (χ0n) is 18.4. The number of terminal acetylenes is 1. The molecule has 9 heteroatoms. The fourth-order valence-electron chi connectivity index (χ4n) is 3.19. The first-order valence-corrected chi connectivity index (χ1v) is 11.8. The fraction of sp³-hybridized carbons (Fsp3) is 0.160. The van der Waals surface area contributed by atoms with Gasteiger partial charge in [-0.3, -0.25) is 4.68 Å². The maximum atomic E-state index is 13.9. The van der Waals surface area contributed by atoms with E-state index in [2.05, 4.69) is 17.9 Å². The van der Waals surface area contributed by atoms with Gasteiger partial charge in [-0.05, 0) is 36.8 Å². The zero-order chi connectivity index (χ0) is 25.5. The molecule has 178 valence electrons. The van der Waals surface area contributed by atoms with E-state index < -0.39 is 27.5 Å². The van der Waals surface area contributed by atoms with Gasteiger partial charge in [-0.15, -0.1) is 12.8 Å². The molecule has 3 rings (SSSR count). The minimum atomic E-state index is -4.76. The minimum absolute atomic E-state index is 0.0395. The molecule has 0 atom stereocenters. The topological polar surface area (TPSA) is 52.0 Å². The molecule has 2 aromatic carbocycles. The van der Waals surface area contributed by atoms with Crippen LogP contribution in [0.1, 0.15) is 12.6 Å².